The van der Waals surface area contributed by atoms with Gasteiger partial charge in [-0.1, -0.05) is 18.2 Å². The quantitative estimate of drug-likeness (QED) is 0.448. The van der Waals surface area contributed by atoms with Gasteiger partial charge in [-0.25, -0.2) is 0 Å². The van der Waals surface area contributed by atoms with E-state index >= 15 is 0 Å². The maximum Gasteiger partial charge on any atom is 0.0892 e. The first-order valence-electron chi connectivity index (χ1n) is 9.37. The Morgan fingerprint density at radius 2 is 1.18 bits per heavy atom. The van der Waals surface area contributed by atoms with Crippen molar-refractivity contribution < 1.29 is 14.2 Å². The molecule has 0 aliphatic heterocycles. The van der Waals surface area contributed by atoms with Gasteiger partial charge in [-0.05, 0) is 42.8 Å². The molecule has 6 heteroatoms. The van der Waals surface area contributed by atoms with E-state index in [1.807, 2.05) is 54.6 Å². The van der Waals surface area contributed by atoms with Gasteiger partial charge in [0.2, 0.25) is 0 Å². The highest BCUT2D eigenvalue weighted by molar-refractivity contribution is 5.03. The van der Waals surface area contributed by atoms with Crippen molar-refractivity contribution in [1.82, 2.24) is 15.0 Å². The molecule has 0 spiro atoms. The van der Waals surface area contributed by atoms with E-state index in [4.69, 9.17) is 14.2 Å². The number of rotatable bonds is 12. The number of hydrogen-bond acceptors (Lipinski definition) is 6. The van der Waals surface area contributed by atoms with E-state index in [-0.39, 0.29) is 6.10 Å². The first-order chi connectivity index (χ1) is 13.9. The molecule has 146 valence electrons. The average molecular weight is 379 g/mol. The third-order valence-electron chi connectivity index (χ3n) is 4.03. The molecule has 3 heterocycles. The van der Waals surface area contributed by atoms with E-state index in [9.17, 15) is 0 Å². The van der Waals surface area contributed by atoms with Gasteiger partial charge < -0.3 is 14.2 Å². The normalized spacial score (nSPS) is 12.0. The fourth-order valence-corrected chi connectivity index (χ4v) is 2.55. The fraction of sp³-hybridized carbons (Fsp3) is 0.318. The minimum atomic E-state index is -0.0885. The maximum atomic E-state index is 6.01. The zero-order chi connectivity index (χ0) is 19.3. The summed E-state index contributed by atoms with van der Waals surface area (Å²) in [4.78, 5) is 12.8. The van der Waals surface area contributed by atoms with E-state index in [1.165, 1.54) is 0 Å². The van der Waals surface area contributed by atoms with Gasteiger partial charge in [0.25, 0.3) is 0 Å². The van der Waals surface area contributed by atoms with E-state index in [0.717, 1.165) is 23.5 Å². The predicted molar refractivity (Wildman–Crippen MR) is 105 cm³/mol. The van der Waals surface area contributed by atoms with Gasteiger partial charge in [0.1, 0.15) is 0 Å². The van der Waals surface area contributed by atoms with Crippen LogP contribution in [0.25, 0.3) is 0 Å². The molecule has 0 unspecified atom stereocenters. The van der Waals surface area contributed by atoms with Crippen molar-refractivity contribution >= 4 is 0 Å². The van der Waals surface area contributed by atoms with Gasteiger partial charge in [0, 0.05) is 25.2 Å². The van der Waals surface area contributed by atoms with Crippen molar-refractivity contribution in [2.45, 2.75) is 32.3 Å². The lowest BCUT2D eigenvalue weighted by Crippen LogP contribution is -2.22. The van der Waals surface area contributed by atoms with Crippen molar-refractivity contribution in [2.75, 3.05) is 13.2 Å². The Bertz CT molecular complexity index is 773. The minimum absolute atomic E-state index is 0.0885. The topological polar surface area (TPSA) is 66.4 Å². The Labute approximate surface area is 165 Å². The van der Waals surface area contributed by atoms with Crippen molar-refractivity contribution in [3.63, 3.8) is 0 Å². The van der Waals surface area contributed by atoms with E-state index in [2.05, 4.69) is 15.0 Å². The molecular weight excluding hydrogens is 354 g/mol. The molecule has 0 aromatic carbocycles. The highest BCUT2D eigenvalue weighted by Crippen LogP contribution is 2.08. The number of hydrogen-bond donors (Lipinski definition) is 0. The molecule has 6 nitrogen and oxygen atoms in total. The summed E-state index contributed by atoms with van der Waals surface area (Å²) >= 11 is 0. The maximum absolute atomic E-state index is 6.01. The van der Waals surface area contributed by atoms with Crippen LogP contribution in [0.15, 0.2) is 73.2 Å². The molecule has 1 atom stereocenters. The van der Waals surface area contributed by atoms with Crippen LogP contribution in [0, 0.1) is 0 Å². The summed E-state index contributed by atoms with van der Waals surface area (Å²) in [5, 5.41) is 0. The van der Waals surface area contributed by atoms with Crippen LogP contribution in [-0.2, 0) is 34.0 Å². The molecular formula is C22H25N3O3. The Balaban J connectivity index is 1.43. The van der Waals surface area contributed by atoms with Crippen LogP contribution in [0.3, 0.4) is 0 Å². The van der Waals surface area contributed by atoms with Gasteiger partial charge in [-0.3, -0.25) is 15.0 Å². The number of nitrogens with zero attached hydrogens (tertiary/aromatic N) is 3. The predicted octanol–water partition coefficient (Wildman–Crippen LogP) is 3.58. The Morgan fingerprint density at radius 1 is 0.643 bits per heavy atom. The summed E-state index contributed by atoms with van der Waals surface area (Å²) in [6.45, 7) is 2.42. The number of ether oxygens (including phenoxy) is 3. The summed E-state index contributed by atoms with van der Waals surface area (Å²) in [7, 11) is 0. The minimum Gasteiger partial charge on any atom is -0.375 e. The Kier molecular flexibility index (Phi) is 8.55. The number of pyridine rings is 3. The third kappa shape index (κ3) is 7.52. The van der Waals surface area contributed by atoms with Crippen LogP contribution in [0.5, 0.6) is 0 Å². The summed E-state index contributed by atoms with van der Waals surface area (Å²) in [6.07, 6.45) is 5.93. The summed E-state index contributed by atoms with van der Waals surface area (Å²) in [6, 6.07) is 17.4. The molecule has 0 radical (unpaired) electrons. The van der Waals surface area contributed by atoms with Gasteiger partial charge in [-0.15, -0.1) is 0 Å². The van der Waals surface area contributed by atoms with E-state index in [0.29, 0.717) is 33.0 Å². The standard InChI is InChI=1S/C22H25N3O3/c1-4-11-23-19(7-1)15-26-14-10-22(28-17-21-9-3-6-13-25-21)18-27-16-20-8-2-5-12-24-20/h1-9,11-13,22H,10,14-18H2/t22-/m0/s1. The lowest BCUT2D eigenvalue weighted by atomic mass is 10.2. The first-order valence-corrected chi connectivity index (χ1v) is 9.37. The van der Waals surface area contributed by atoms with Crippen LogP contribution in [-0.4, -0.2) is 34.3 Å². The zero-order valence-corrected chi connectivity index (χ0v) is 15.8. The van der Waals surface area contributed by atoms with E-state index in [1.54, 1.807) is 18.6 Å². The molecule has 0 aliphatic rings. The third-order valence-corrected chi connectivity index (χ3v) is 4.03. The molecule has 3 aromatic heterocycles. The number of aromatic nitrogens is 3. The van der Waals surface area contributed by atoms with Gasteiger partial charge in [-0.2, -0.15) is 0 Å². The molecule has 0 fully saturated rings. The highest BCUT2D eigenvalue weighted by Gasteiger charge is 2.11. The monoisotopic (exact) mass is 379 g/mol. The van der Waals surface area contributed by atoms with Gasteiger partial charge in [0.15, 0.2) is 0 Å². The largest absolute Gasteiger partial charge is 0.375 e. The summed E-state index contributed by atoms with van der Waals surface area (Å²) < 4.78 is 17.6. The lowest BCUT2D eigenvalue weighted by molar-refractivity contribution is -0.0473. The van der Waals surface area contributed by atoms with Crippen molar-refractivity contribution in [1.29, 1.82) is 0 Å². The van der Waals surface area contributed by atoms with Gasteiger partial charge in [0.05, 0.1) is 49.6 Å². The summed E-state index contributed by atoms with van der Waals surface area (Å²) in [5.41, 5.74) is 2.71. The highest BCUT2D eigenvalue weighted by atomic mass is 16.5. The van der Waals surface area contributed by atoms with Crippen LogP contribution in [0.2, 0.25) is 0 Å². The zero-order valence-electron chi connectivity index (χ0n) is 15.8. The average Bonchev–Trinajstić information content (AvgIpc) is 2.76. The van der Waals surface area contributed by atoms with Crippen LogP contribution >= 0.6 is 0 Å². The van der Waals surface area contributed by atoms with E-state index < -0.39 is 0 Å². The molecule has 0 N–H and O–H groups in total. The van der Waals surface area contributed by atoms with Crippen LogP contribution in [0.1, 0.15) is 23.5 Å². The molecule has 0 saturated carbocycles. The van der Waals surface area contributed by atoms with Crippen molar-refractivity contribution in [2.24, 2.45) is 0 Å². The molecule has 0 saturated heterocycles. The van der Waals surface area contributed by atoms with Crippen molar-refractivity contribution in [3.8, 4) is 0 Å². The lowest BCUT2D eigenvalue weighted by Gasteiger charge is -2.18. The molecule has 0 aliphatic carbocycles. The SMILES string of the molecule is c1ccc(COCC[C@@H](COCc2ccccn2)OCc2ccccn2)nc1. The molecule has 3 aromatic rings. The van der Waals surface area contributed by atoms with Crippen LogP contribution in [0.4, 0.5) is 0 Å². The molecule has 3 rings (SSSR count). The Morgan fingerprint density at radius 3 is 1.71 bits per heavy atom. The van der Waals surface area contributed by atoms with Gasteiger partial charge >= 0.3 is 0 Å². The van der Waals surface area contributed by atoms with Crippen molar-refractivity contribution in [3.05, 3.63) is 90.3 Å². The second kappa shape index (κ2) is 11.9. The smallest absolute Gasteiger partial charge is 0.0892 e. The van der Waals surface area contributed by atoms with Crippen LogP contribution < -0.4 is 0 Å². The Hall–Kier alpha value is -2.67. The second-order valence-corrected chi connectivity index (χ2v) is 6.25. The first kappa shape index (κ1) is 20.1. The molecule has 0 amide bonds. The molecule has 0 bridgehead atoms. The molecule has 28 heavy (non-hydrogen) atoms. The summed E-state index contributed by atoms with van der Waals surface area (Å²) in [5.74, 6) is 0. The fourth-order valence-electron chi connectivity index (χ4n) is 2.55. The second-order valence-electron chi connectivity index (χ2n) is 6.25.